The highest BCUT2D eigenvalue weighted by molar-refractivity contribution is 6.52. The number of anilines is 1. The van der Waals surface area contributed by atoms with Gasteiger partial charge in [0.2, 0.25) is 0 Å². The number of nitriles is 1. The maximum Gasteiger partial charge on any atom is 0.299 e. The first-order valence-electron chi connectivity index (χ1n) is 6.25. The normalized spacial score (nSPS) is 13.2. The number of benzene rings is 2. The molecule has 0 bridgehead atoms. The second kappa shape index (κ2) is 4.84. The molecule has 0 saturated carbocycles. The largest absolute Gasteiger partial charge is 0.300 e. The molecule has 0 unspecified atom stereocenters. The number of halogens is 1. The minimum atomic E-state index is -0.682. The van der Waals surface area contributed by atoms with E-state index < -0.39 is 17.5 Å². The topological polar surface area (TPSA) is 61.2 Å². The summed E-state index contributed by atoms with van der Waals surface area (Å²) in [7, 11) is 0. The van der Waals surface area contributed by atoms with E-state index in [4.69, 9.17) is 5.26 Å². The number of fused-ring (bicyclic) bond motifs is 1. The van der Waals surface area contributed by atoms with Gasteiger partial charge < -0.3 is 4.90 Å². The van der Waals surface area contributed by atoms with Gasteiger partial charge in [0.1, 0.15) is 5.82 Å². The van der Waals surface area contributed by atoms with Gasteiger partial charge in [0.25, 0.3) is 11.7 Å². The zero-order valence-electron chi connectivity index (χ0n) is 10.8. The van der Waals surface area contributed by atoms with Crippen LogP contribution in [-0.4, -0.2) is 11.7 Å². The van der Waals surface area contributed by atoms with E-state index in [1.165, 1.54) is 17.0 Å². The predicted octanol–water partition coefficient (Wildman–Crippen LogP) is 2.43. The fourth-order valence-corrected chi connectivity index (χ4v) is 2.35. The van der Waals surface area contributed by atoms with Crippen molar-refractivity contribution in [3.05, 3.63) is 65.0 Å². The summed E-state index contributed by atoms with van der Waals surface area (Å²) in [6.07, 6.45) is 0. The molecule has 1 aliphatic heterocycles. The molecule has 21 heavy (non-hydrogen) atoms. The molecule has 0 spiro atoms. The first-order valence-corrected chi connectivity index (χ1v) is 6.25. The summed E-state index contributed by atoms with van der Waals surface area (Å²) in [4.78, 5) is 25.1. The predicted molar refractivity (Wildman–Crippen MR) is 73.1 cm³/mol. The number of amides is 1. The van der Waals surface area contributed by atoms with E-state index in [2.05, 4.69) is 0 Å². The van der Waals surface area contributed by atoms with E-state index >= 15 is 0 Å². The van der Waals surface area contributed by atoms with Crippen LogP contribution < -0.4 is 4.90 Å². The van der Waals surface area contributed by atoms with Gasteiger partial charge in [-0.3, -0.25) is 9.59 Å². The summed E-state index contributed by atoms with van der Waals surface area (Å²) in [5.41, 5.74) is 1.64. The summed E-state index contributed by atoms with van der Waals surface area (Å²) < 4.78 is 13.4. The molecule has 1 amide bonds. The average molecular weight is 280 g/mol. The van der Waals surface area contributed by atoms with Gasteiger partial charge in [-0.15, -0.1) is 0 Å². The zero-order chi connectivity index (χ0) is 15.0. The van der Waals surface area contributed by atoms with Crippen LogP contribution in [0.2, 0.25) is 0 Å². The van der Waals surface area contributed by atoms with Gasteiger partial charge >= 0.3 is 0 Å². The highest BCUT2D eigenvalue weighted by Crippen LogP contribution is 2.31. The zero-order valence-corrected chi connectivity index (χ0v) is 10.8. The van der Waals surface area contributed by atoms with Crippen molar-refractivity contribution in [1.29, 1.82) is 5.26 Å². The lowest BCUT2D eigenvalue weighted by Crippen LogP contribution is -2.29. The van der Waals surface area contributed by atoms with Crippen LogP contribution in [0.15, 0.2) is 42.5 Å². The number of hydrogen-bond acceptors (Lipinski definition) is 3. The number of hydrogen-bond donors (Lipinski definition) is 0. The quantitative estimate of drug-likeness (QED) is 0.794. The van der Waals surface area contributed by atoms with Crippen LogP contribution in [-0.2, 0) is 11.3 Å². The van der Waals surface area contributed by atoms with E-state index in [0.29, 0.717) is 11.1 Å². The summed E-state index contributed by atoms with van der Waals surface area (Å²) in [5.74, 6) is -1.83. The summed E-state index contributed by atoms with van der Waals surface area (Å²) in [5, 5.41) is 8.88. The van der Waals surface area contributed by atoms with Gasteiger partial charge in [-0.1, -0.05) is 12.1 Å². The van der Waals surface area contributed by atoms with Gasteiger partial charge in [0.05, 0.1) is 29.4 Å². The number of rotatable bonds is 2. The molecule has 2 aromatic rings. The molecule has 102 valence electrons. The Morgan fingerprint density at radius 3 is 2.71 bits per heavy atom. The van der Waals surface area contributed by atoms with Crippen LogP contribution in [0, 0.1) is 17.1 Å². The summed E-state index contributed by atoms with van der Waals surface area (Å²) in [6.45, 7) is 0.122. The molecule has 5 heteroatoms. The standard InChI is InChI=1S/C16H9FN2O2/c17-12-4-5-13-14(7-12)19(16(21)15(13)20)9-11-3-1-2-10(6-11)8-18/h1-7H,9H2. The third-order valence-electron chi connectivity index (χ3n) is 3.33. The van der Waals surface area contributed by atoms with Crippen molar-refractivity contribution in [3.63, 3.8) is 0 Å². The number of nitrogens with zero attached hydrogens (tertiary/aromatic N) is 2. The van der Waals surface area contributed by atoms with E-state index in [1.807, 2.05) is 6.07 Å². The highest BCUT2D eigenvalue weighted by atomic mass is 19.1. The van der Waals surface area contributed by atoms with Crippen molar-refractivity contribution < 1.29 is 14.0 Å². The van der Waals surface area contributed by atoms with Crippen molar-refractivity contribution in [2.75, 3.05) is 4.90 Å². The summed E-state index contributed by atoms with van der Waals surface area (Å²) >= 11 is 0. The Bertz CT molecular complexity index is 808. The third kappa shape index (κ3) is 2.17. The molecule has 1 heterocycles. The van der Waals surface area contributed by atoms with Gasteiger partial charge in [-0.25, -0.2) is 4.39 Å². The molecule has 0 aromatic heterocycles. The Balaban J connectivity index is 2.00. The van der Waals surface area contributed by atoms with Gasteiger partial charge in [0.15, 0.2) is 0 Å². The van der Waals surface area contributed by atoms with Gasteiger partial charge in [0, 0.05) is 0 Å². The third-order valence-corrected chi connectivity index (χ3v) is 3.33. The smallest absolute Gasteiger partial charge is 0.299 e. The van der Waals surface area contributed by atoms with Crippen molar-refractivity contribution >= 4 is 17.4 Å². The van der Waals surface area contributed by atoms with E-state index in [-0.39, 0.29) is 17.8 Å². The molecular weight excluding hydrogens is 271 g/mol. The molecule has 1 aliphatic rings. The Labute approximate surface area is 120 Å². The Kier molecular flexibility index (Phi) is 2.99. The first kappa shape index (κ1) is 13.0. The van der Waals surface area contributed by atoms with Crippen molar-refractivity contribution in [2.45, 2.75) is 6.54 Å². The number of carbonyl (C=O) groups excluding carboxylic acids is 2. The van der Waals surface area contributed by atoms with E-state index in [0.717, 1.165) is 6.07 Å². The lowest BCUT2D eigenvalue weighted by Gasteiger charge is -2.16. The molecule has 4 nitrogen and oxygen atoms in total. The molecule has 3 rings (SSSR count). The van der Waals surface area contributed by atoms with Crippen LogP contribution in [0.4, 0.5) is 10.1 Å². The van der Waals surface area contributed by atoms with Gasteiger partial charge in [-0.2, -0.15) is 5.26 Å². The second-order valence-corrected chi connectivity index (χ2v) is 4.69. The molecule has 0 atom stereocenters. The molecular formula is C16H9FN2O2. The maximum atomic E-state index is 13.4. The SMILES string of the molecule is N#Cc1cccc(CN2C(=O)C(=O)c3ccc(F)cc32)c1. The first-order chi connectivity index (χ1) is 10.1. The van der Waals surface area contributed by atoms with Crippen LogP contribution in [0.1, 0.15) is 21.5 Å². The Morgan fingerprint density at radius 2 is 1.95 bits per heavy atom. The maximum absolute atomic E-state index is 13.4. The highest BCUT2D eigenvalue weighted by Gasteiger charge is 2.35. The van der Waals surface area contributed by atoms with Crippen LogP contribution in [0.25, 0.3) is 0 Å². The van der Waals surface area contributed by atoms with Crippen molar-refractivity contribution in [3.8, 4) is 6.07 Å². The van der Waals surface area contributed by atoms with Crippen LogP contribution >= 0.6 is 0 Å². The van der Waals surface area contributed by atoms with Crippen LogP contribution in [0.3, 0.4) is 0 Å². The number of ketones is 1. The lowest BCUT2D eigenvalue weighted by atomic mass is 10.1. The monoisotopic (exact) mass is 280 g/mol. The number of Topliss-reactive ketones (excluding diaryl/α,β-unsaturated/α-hetero) is 1. The molecule has 0 radical (unpaired) electrons. The fourth-order valence-electron chi connectivity index (χ4n) is 2.35. The van der Waals surface area contributed by atoms with Crippen LogP contribution in [0.5, 0.6) is 0 Å². The van der Waals surface area contributed by atoms with Crippen molar-refractivity contribution in [2.24, 2.45) is 0 Å². The average Bonchev–Trinajstić information content (AvgIpc) is 2.72. The van der Waals surface area contributed by atoms with Gasteiger partial charge in [-0.05, 0) is 35.9 Å². The van der Waals surface area contributed by atoms with E-state index in [1.54, 1.807) is 24.3 Å². The lowest BCUT2D eigenvalue weighted by molar-refractivity contribution is -0.114. The molecule has 0 aliphatic carbocycles. The fraction of sp³-hybridized carbons (Fsp3) is 0.0625. The minimum Gasteiger partial charge on any atom is -0.300 e. The number of carbonyl (C=O) groups is 2. The van der Waals surface area contributed by atoms with E-state index in [9.17, 15) is 14.0 Å². The molecule has 0 N–H and O–H groups in total. The molecule has 2 aromatic carbocycles. The molecule has 0 saturated heterocycles. The molecule has 0 fully saturated rings. The van der Waals surface area contributed by atoms with Crippen molar-refractivity contribution in [1.82, 2.24) is 0 Å². The minimum absolute atomic E-state index is 0.122. The summed E-state index contributed by atoms with van der Waals surface area (Å²) in [6, 6.07) is 12.4. The Morgan fingerprint density at radius 1 is 1.14 bits per heavy atom. The second-order valence-electron chi connectivity index (χ2n) is 4.69. The Hall–Kier alpha value is -3.00.